The first-order valence-electron chi connectivity index (χ1n) is 5.14. The third-order valence-electron chi connectivity index (χ3n) is 2.06. The second-order valence-electron chi connectivity index (χ2n) is 3.68. The van der Waals surface area contributed by atoms with Crippen LogP contribution in [0, 0.1) is 0 Å². The molecular formula is C10H12ClF2NO4S. The first-order valence-corrected chi connectivity index (χ1v) is 7.00. The van der Waals surface area contributed by atoms with Crippen LogP contribution in [0.5, 0.6) is 5.75 Å². The molecular weight excluding hydrogens is 304 g/mol. The van der Waals surface area contributed by atoms with E-state index in [-0.39, 0.29) is 22.3 Å². The number of halogens is 3. The Balaban J connectivity index is 3.00. The van der Waals surface area contributed by atoms with E-state index in [0.29, 0.717) is 0 Å². The standard InChI is InChI=1S/C10H12ClF2NO4S/c1-6(5-15)14-19(16,17)7-2-3-9(8(11)4-7)18-10(12)13/h2-4,6,10,14-15H,5H2,1H3/t6-/m1/s1. The number of nitrogens with one attached hydrogen (secondary N) is 1. The van der Waals surface area contributed by atoms with Gasteiger partial charge in [-0.3, -0.25) is 0 Å². The van der Waals surface area contributed by atoms with Gasteiger partial charge in [-0.2, -0.15) is 8.78 Å². The zero-order valence-electron chi connectivity index (χ0n) is 9.81. The van der Waals surface area contributed by atoms with Crippen LogP contribution in [0.25, 0.3) is 0 Å². The predicted octanol–water partition coefficient (Wildman–Crippen LogP) is 1.60. The summed E-state index contributed by atoms with van der Waals surface area (Å²) in [5.74, 6) is -0.314. The van der Waals surface area contributed by atoms with E-state index in [4.69, 9.17) is 16.7 Å². The van der Waals surface area contributed by atoms with Crippen LogP contribution in [-0.4, -0.2) is 32.8 Å². The average molecular weight is 316 g/mol. The smallest absolute Gasteiger partial charge is 0.387 e. The number of hydrogen-bond donors (Lipinski definition) is 2. The van der Waals surface area contributed by atoms with Crippen LogP contribution in [0.2, 0.25) is 5.02 Å². The topological polar surface area (TPSA) is 75.6 Å². The van der Waals surface area contributed by atoms with Gasteiger partial charge in [-0.1, -0.05) is 11.6 Å². The van der Waals surface area contributed by atoms with Gasteiger partial charge in [0.2, 0.25) is 10.0 Å². The Morgan fingerprint density at radius 3 is 2.58 bits per heavy atom. The quantitative estimate of drug-likeness (QED) is 0.836. The van der Waals surface area contributed by atoms with Crippen molar-refractivity contribution in [3.05, 3.63) is 23.2 Å². The van der Waals surface area contributed by atoms with E-state index in [1.807, 2.05) is 0 Å². The summed E-state index contributed by atoms with van der Waals surface area (Å²) in [6.07, 6.45) is 0. The Morgan fingerprint density at radius 2 is 2.11 bits per heavy atom. The summed E-state index contributed by atoms with van der Waals surface area (Å²) >= 11 is 5.65. The molecule has 5 nitrogen and oxygen atoms in total. The molecule has 0 aliphatic rings. The second-order valence-corrected chi connectivity index (χ2v) is 5.80. The molecule has 0 radical (unpaired) electrons. The SMILES string of the molecule is C[C@H](CO)NS(=O)(=O)c1ccc(OC(F)F)c(Cl)c1. The minimum Gasteiger partial charge on any atom is -0.433 e. The molecule has 1 aromatic carbocycles. The fourth-order valence-electron chi connectivity index (χ4n) is 1.21. The zero-order chi connectivity index (χ0) is 14.6. The molecule has 9 heteroatoms. The van der Waals surface area contributed by atoms with Gasteiger partial charge in [0.15, 0.2) is 0 Å². The van der Waals surface area contributed by atoms with Gasteiger partial charge >= 0.3 is 6.61 Å². The fourth-order valence-corrected chi connectivity index (χ4v) is 2.76. The van der Waals surface area contributed by atoms with Crippen LogP contribution >= 0.6 is 11.6 Å². The van der Waals surface area contributed by atoms with Crippen molar-refractivity contribution >= 4 is 21.6 Å². The van der Waals surface area contributed by atoms with Crippen LogP contribution in [-0.2, 0) is 10.0 Å². The number of benzene rings is 1. The lowest BCUT2D eigenvalue weighted by atomic mass is 10.3. The second kappa shape index (κ2) is 6.47. The first-order chi connectivity index (χ1) is 8.76. The molecule has 0 spiro atoms. The van der Waals surface area contributed by atoms with E-state index in [1.54, 1.807) is 0 Å². The molecule has 0 aliphatic heterocycles. The highest BCUT2D eigenvalue weighted by atomic mass is 35.5. The number of alkyl halides is 2. The fraction of sp³-hybridized carbons (Fsp3) is 0.400. The van der Waals surface area contributed by atoms with Crippen molar-refractivity contribution in [1.29, 1.82) is 0 Å². The lowest BCUT2D eigenvalue weighted by Gasteiger charge is -2.13. The van der Waals surface area contributed by atoms with Crippen LogP contribution < -0.4 is 9.46 Å². The van der Waals surface area contributed by atoms with E-state index in [9.17, 15) is 17.2 Å². The van der Waals surface area contributed by atoms with Gasteiger partial charge in [-0.25, -0.2) is 13.1 Å². The van der Waals surface area contributed by atoms with E-state index in [2.05, 4.69) is 9.46 Å². The number of rotatable bonds is 6. The summed E-state index contributed by atoms with van der Waals surface area (Å²) in [6, 6.07) is 2.43. The van der Waals surface area contributed by atoms with Gasteiger partial charge in [-0.15, -0.1) is 0 Å². The van der Waals surface area contributed by atoms with Crippen molar-refractivity contribution in [2.45, 2.75) is 24.5 Å². The Labute approximate surface area is 114 Å². The molecule has 0 bridgehead atoms. The lowest BCUT2D eigenvalue weighted by Crippen LogP contribution is -2.34. The third kappa shape index (κ3) is 4.57. The lowest BCUT2D eigenvalue weighted by molar-refractivity contribution is -0.0498. The minimum absolute atomic E-state index is 0.209. The van der Waals surface area contributed by atoms with Crippen molar-refractivity contribution < 1.29 is 27.0 Å². The zero-order valence-corrected chi connectivity index (χ0v) is 11.4. The van der Waals surface area contributed by atoms with Crippen molar-refractivity contribution in [2.24, 2.45) is 0 Å². The highest BCUT2D eigenvalue weighted by molar-refractivity contribution is 7.89. The van der Waals surface area contributed by atoms with Crippen LogP contribution in [0.4, 0.5) is 8.78 Å². The van der Waals surface area contributed by atoms with Gasteiger partial charge in [0, 0.05) is 6.04 Å². The van der Waals surface area contributed by atoms with Gasteiger partial charge in [-0.05, 0) is 25.1 Å². The first kappa shape index (κ1) is 16.1. The molecule has 1 atom stereocenters. The predicted molar refractivity (Wildman–Crippen MR) is 65.0 cm³/mol. The van der Waals surface area contributed by atoms with Crippen LogP contribution in [0.3, 0.4) is 0 Å². The summed E-state index contributed by atoms with van der Waals surface area (Å²) in [5.41, 5.74) is 0. The molecule has 2 N–H and O–H groups in total. The van der Waals surface area contributed by atoms with Crippen molar-refractivity contribution in [3.8, 4) is 5.75 Å². The maximum absolute atomic E-state index is 12.0. The monoisotopic (exact) mass is 315 g/mol. The summed E-state index contributed by atoms with van der Waals surface area (Å²) in [7, 11) is -3.88. The third-order valence-corrected chi connectivity index (χ3v) is 3.94. The van der Waals surface area contributed by atoms with Crippen LogP contribution in [0.15, 0.2) is 23.1 Å². The number of hydrogen-bond acceptors (Lipinski definition) is 4. The molecule has 19 heavy (non-hydrogen) atoms. The molecule has 0 unspecified atom stereocenters. The van der Waals surface area contributed by atoms with E-state index in [0.717, 1.165) is 18.2 Å². The van der Waals surface area contributed by atoms with Crippen molar-refractivity contribution in [3.63, 3.8) is 0 Å². The largest absolute Gasteiger partial charge is 0.433 e. The number of ether oxygens (including phenoxy) is 1. The molecule has 0 fully saturated rings. The molecule has 0 amide bonds. The summed E-state index contributed by atoms with van der Waals surface area (Å²) in [4.78, 5) is -0.209. The Kier molecular flexibility index (Phi) is 5.48. The summed E-state index contributed by atoms with van der Waals surface area (Å²) in [6.45, 7) is -1.96. The summed E-state index contributed by atoms with van der Waals surface area (Å²) in [5, 5.41) is 8.54. The van der Waals surface area contributed by atoms with Gasteiger partial charge in [0.25, 0.3) is 0 Å². The molecule has 0 saturated heterocycles. The molecule has 0 heterocycles. The number of aliphatic hydroxyl groups is 1. The molecule has 0 aromatic heterocycles. The molecule has 0 saturated carbocycles. The Hall–Kier alpha value is -0.960. The average Bonchev–Trinajstić information content (AvgIpc) is 2.30. The van der Waals surface area contributed by atoms with Gasteiger partial charge < -0.3 is 9.84 Å². The van der Waals surface area contributed by atoms with E-state index in [1.165, 1.54) is 6.92 Å². The molecule has 1 aromatic rings. The van der Waals surface area contributed by atoms with Gasteiger partial charge in [0.1, 0.15) is 5.75 Å². The maximum Gasteiger partial charge on any atom is 0.387 e. The van der Waals surface area contributed by atoms with Crippen molar-refractivity contribution in [2.75, 3.05) is 6.61 Å². The van der Waals surface area contributed by atoms with E-state index < -0.39 is 22.7 Å². The number of aliphatic hydroxyl groups excluding tert-OH is 1. The molecule has 1 rings (SSSR count). The molecule has 0 aliphatic carbocycles. The maximum atomic E-state index is 12.0. The minimum atomic E-state index is -3.88. The van der Waals surface area contributed by atoms with E-state index >= 15 is 0 Å². The Bertz CT molecular complexity index is 538. The highest BCUT2D eigenvalue weighted by Crippen LogP contribution is 2.28. The normalized spacial score (nSPS) is 13.6. The highest BCUT2D eigenvalue weighted by Gasteiger charge is 2.19. The Morgan fingerprint density at radius 1 is 1.47 bits per heavy atom. The van der Waals surface area contributed by atoms with Crippen LogP contribution in [0.1, 0.15) is 6.92 Å². The van der Waals surface area contributed by atoms with Crippen molar-refractivity contribution in [1.82, 2.24) is 4.72 Å². The molecule has 108 valence electrons. The number of sulfonamides is 1. The van der Waals surface area contributed by atoms with Gasteiger partial charge in [0.05, 0.1) is 16.5 Å². The summed E-state index contributed by atoms with van der Waals surface area (Å²) < 4.78 is 53.9.